The average molecular weight is 453 g/mol. The van der Waals surface area contributed by atoms with E-state index in [2.05, 4.69) is 0 Å². The van der Waals surface area contributed by atoms with E-state index in [1.165, 1.54) is 0 Å². The molecule has 1 aliphatic heterocycles. The first-order chi connectivity index (χ1) is 14.9. The number of rotatable bonds is 6. The zero-order valence-corrected chi connectivity index (χ0v) is 20.0. The summed E-state index contributed by atoms with van der Waals surface area (Å²) in [5.41, 5.74) is 0.164. The fourth-order valence-electron chi connectivity index (χ4n) is 5.47. The number of carbonyl (C=O) groups excluding carboxylic acids is 2. The first-order valence-corrected chi connectivity index (χ1v) is 12.1. The van der Waals surface area contributed by atoms with Crippen LogP contribution in [-0.4, -0.2) is 57.8 Å². The number of aliphatic hydroxyl groups is 3. The third kappa shape index (κ3) is 5.20. The van der Waals surface area contributed by atoms with Crippen molar-refractivity contribution in [3.63, 3.8) is 0 Å². The molecule has 32 heavy (non-hydrogen) atoms. The van der Waals surface area contributed by atoms with Gasteiger partial charge in [0.1, 0.15) is 12.2 Å². The average Bonchev–Trinajstić information content (AvgIpc) is 2.71. The summed E-state index contributed by atoms with van der Waals surface area (Å²) in [7, 11) is 0. The second kappa shape index (κ2) is 9.82. The summed E-state index contributed by atoms with van der Waals surface area (Å²) in [6.07, 6.45) is 1.79. The van der Waals surface area contributed by atoms with Gasteiger partial charge in [0.25, 0.3) is 0 Å². The van der Waals surface area contributed by atoms with Gasteiger partial charge in [-0.15, -0.1) is 0 Å². The molecule has 7 nitrogen and oxygen atoms in total. The van der Waals surface area contributed by atoms with Crippen LogP contribution in [0.3, 0.4) is 0 Å². The monoisotopic (exact) mass is 452 g/mol. The van der Waals surface area contributed by atoms with Gasteiger partial charge in [-0.2, -0.15) is 0 Å². The molecule has 1 heterocycles. The molecule has 7 heteroatoms. The number of ether oxygens (including phenoxy) is 2. The van der Waals surface area contributed by atoms with Gasteiger partial charge in [-0.1, -0.05) is 26.8 Å². The predicted octanol–water partition coefficient (Wildman–Crippen LogP) is 2.75. The molecule has 0 aromatic heterocycles. The Balaban J connectivity index is 1.83. The highest BCUT2D eigenvalue weighted by Crippen LogP contribution is 2.48. The molecule has 3 aliphatic rings. The SMILES string of the molecule is CCC(C)(C)C(=O)O[C@H]1C[C@@H](C)C(O)C2=CC(O)[C@H](C)[C@H](CCC3C[C@@H](O)CC(=O)O3)[C@H]21. The van der Waals surface area contributed by atoms with Crippen molar-refractivity contribution in [2.24, 2.45) is 29.1 Å². The summed E-state index contributed by atoms with van der Waals surface area (Å²) in [4.78, 5) is 24.7. The summed E-state index contributed by atoms with van der Waals surface area (Å²) in [6.45, 7) is 9.63. The van der Waals surface area contributed by atoms with Gasteiger partial charge in [0, 0.05) is 12.3 Å². The summed E-state index contributed by atoms with van der Waals surface area (Å²) < 4.78 is 11.5. The van der Waals surface area contributed by atoms with Crippen LogP contribution in [0.4, 0.5) is 0 Å². The van der Waals surface area contributed by atoms with Crippen LogP contribution in [0, 0.1) is 29.1 Å². The Bertz CT molecular complexity index is 730. The molecule has 0 aromatic carbocycles. The number of fused-ring (bicyclic) bond motifs is 1. The van der Waals surface area contributed by atoms with E-state index in [0.717, 1.165) is 5.57 Å². The van der Waals surface area contributed by atoms with Crippen molar-refractivity contribution in [3.05, 3.63) is 11.6 Å². The lowest BCUT2D eigenvalue weighted by atomic mass is 9.61. The van der Waals surface area contributed by atoms with Gasteiger partial charge >= 0.3 is 11.9 Å². The first kappa shape index (κ1) is 25.2. The van der Waals surface area contributed by atoms with Crippen molar-refractivity contribution in [1.82, 2.24) is 0 Å². The maximum Gasteiger partial charge on any atom is 0.311 e. The zero-order chi connectivity index (χ0) is 23.8. The topological polar surface area (TPSA) is 113 Å². The van der Waals surface area contributed by atoms with Crippen molar-refractivity contribution >= 4 is 11.9 Å². The van der Waals surface area contributed by atoms with Crippen LogP contribution in [0.25, 0.3) is 0 Å². The molecule has 2 aliphatic carbocycles. The second-order valence-corrected chi connectivity index (χ2v) is 10.8. The lowest BCUT2D eigenvalue weighted by Gasteiger charge is -2.49. The number of hydrogen-bond acceptors (Lipinski definition) is 7. The molecule has 3 N–H and O–H groups in total. The third-order valence-electron chi connectivity index (χ3n) is 8.06. The van der Waals surface area contributed by atoms with Crippen LogP contribution >= 0.6 is 0 Å². The molecule has 1 saturated heterocycles. The number of esters is 2. The van der Waals surface area contributed by atoms with Gasteiger partial charge in [0.2, 0.25) is 0 Å². The lowest BCUT2D eigenvalue weighted by molar-refractivity contribution is -0.169. The van der Waals surface area contributed by atoms with E-state index in [-0.39, 0.29) is 54.2 Å². The molecule has 1 saturated carbocycles. The summed E-state index contributed by atoms with van der Waals surface area (Å²) in [6, 6.07) is 0. The van der Waals surface area contributed by atoms with Gasteiger partial charge < -0.3 is 24.8 Å². The molecule has 2 fully saturated rings. The first-order valence-electron chi connectivity index (χ1n) is 12.1. The maximum absolute atomic E-state index is 12.9. The minimum absolute atomic E-state index is 0.0277. The van der Waals surface area contributed by atoms with Gasteiger partial charge in [-0.05, 0) is 62.9 Å². The molecule has 3 unspecified atom stereocenters. The highest BCUT2D eigenvalue weighted by atomic mass is 16.6. The van der Waals surface area contributed by atoms with Crippen LogP contribution in [0.1, 0.15) is 73.1 Å². The van der Waals surface area contributed by atoms with E-state index in [9.17, 15) is 24.9 Å². The molecule has 0 bridgehead atoms. The Kier molecular flexibility index (Phi) is 7.73. The summed E-state index contributed by atoms with van der Waals surface area (Å²) in [5, 5.41) is 31.6. The highest BCUT2D eigenvalue weighted by molar-refractivity contribution is 5.76. The van der Waals surface area contributed by atoms with E-state index in [1.807, 2.05) is 34.6 Å². The maximum atomic E-state index is 12.9. The van der Waals surface area contributed by atoms with E-state index < -0.39 is 23.7 Å². The smallest absolute Gasteiger partial charge is 0.311 e. The van der Waals surface area contributed by atoms with Gasteiger partial charge in [-0.3, -0.25) is 9.59 Å². The van der Waals surface area contributed by atoms with E-state index in [4.69, 9.17) is 9.47 Å². The molecule has 0 aromatic rings. The molecular weight excluding hydrogens is 412 g/mol. The van der Waals surface area contributed by atoms with E-state index >= 15 is 0 Å². The highest BCUT2D eigenvalue weighted by Gasteiger charge is 2.49. The number of cyclic esters (lactones) is 1. The molecule has 0 amide bonds. The van der Waals surface area contributed by atoms with E-state index in [1.54, 1.807) is 6.08 Å². The molecular formula is C25H40O7. The third-order valence-corrected chi connectivity index (χ3v) is 8.06. The van der Waals surface area contributed by atoms with Crippen molar-refractivity contribution in [2.75, 3.05) is 0 Å². The van der Waals surface area contributed by atoms with Crippen molar-refractivity contribution in [1.29, 1.82) is 0 Å². The molecule has 9 atom stereocenters. The van der Waals surface area contributed by atoms with Crippen LogP contribution in [0.2, 0.25) is 0 Å². The minimum atomic E-state index is -0.700. The lowest BCUT2D eigenvalue weighted by Crippen LogP contribution is -2.51. The molecule has 3 rings (SSSR count). The predicted molar refractivity (Wildman–Crippen MR) is 118 cm³/mol. The van der Waals surface area contributed by atoms with Gasteiger partial charge in [0.15, 0.2) is 0 Å². The van der Waals surface area contributed by atoms with Crippen molar-refractivity contribution in [3.8, 4) is 0 Å². The number of carbonyl (C=O) groups is 2. The quantitative estimate of drug-likeness (QED) is 0.419. The largest absolute Gasteiger partial charge is 0.462 e. The minimum Gasteiger partial charge on any atom is -0.462 e. The van der Waals surface area contributed by atoms with Crippen LogP contribution in [0.5, 0.6) is 0 Å². The number of hydrogen-bond donors (Lipinski definition) is 3. The Morgan fingerprint density at radius 1 is 1.19 bits per heavy atom. The Morgan fingerprint density at radius 2 is 1.88 bits per heavy atom. The zero-order valence-electron chi connectivity index (χ0n) is 20.0. The summed E-state index contributed by atoms with van der Waals surface area (Å²) >= 11 is 0. The van der Waals surface area contributed by atoms with Crippen molar-refractivity contribution < 1.29 is 34.4 Å². The number of aliphatic hydroxyl groups excluding tert-OH is 3. The fourth-order valence-corrected chi connectivity index (χ4v) is 5.47. The Morgan fingerprint density at radius 3 is 2.50 bits per heavy atom. The molecule has 182 valence electrons. The normalized spacial score (nSPS) is 40.2. The second-order valence-electron chi connectivity index (χ2n) is 10.8. The molecule has 0 spiro atoms. The van der Waals surface area contributed by atoms with Gasteiger partial charge in [-0.25, -0.2) is 0 Å². The Labute approximate surface area is 191 Å². The van der Waals surface area contributed by atoms with Crippen molar-refractivity contribution in [2.45, 2.75) is 104 Å². The summed E-state index contributed by atoms with van der Waals surface area (Å²) in [5.74, 6) is -1.06. The van der Waals surface area contributed by atoms with Crippen LogP contribution < -0.4 is 0 Å². The van der Waals surface area contributed by atoms with Gasteiger partial charge in [0.05, 0.1) is 30.1 Å². The Hall–Kier alpha value is -1.44. The van der Waals surface area contributed by atoms with E-state index in [0.29, 0.717) is 32.1 Å². The fraction of sp³-hybridized carbons (Fsp3) is 0.840. The van der Waals surface area contributed by atoms with Crippen LogP contribution in [-0.2, 0) is 19.1 Å². The molecule has 0 radical (unpaired) electrons. The standard InChI is InChI=1S/C25H40O7/c1-6-25(4,5)24(30)32-20-9-13(2)23(29)18-12-19(27)14(3)17(22(18)20)8-7-16-10-15(26)11-21(28)31-16/h12-17,19-20,22-23,26-27,29H,6-11H2,1-5H3/t13-,14-,15-,16?,17+,19?,20+,22-,23?/m1/s1. The van der Waals surface area contributed by atoms with Crippen LogP contribution in [0.15, 0.2) is 11.6 Å².